The van der Waals surface area contributed by atoms with Crippen molar-refractivity contribution < 1.29 is 9.15 Å². The Balaban J connectivity index is 1.44. The molecule has 2 heterocycles. The number of hydrogen-bond acceptors (Lipinski definition) is 4. The zero-order chi connectivity index (χ0) is 12.9. The topological polar surface area (TPSA) is 47.3 Å². The summed E-state index contributed by atoms with van der Waals surface area (Å²) in [4.78, 5) is 4.30. The highest BCUT2D eigenvalue weighted by molar-refractivity contribution is 5.72. The molecule has 2 aromatic rings. The second-order valence-electron chi connectivity index (χ2n) is 5.15. The Morgan fingerprint density at radius 3 is 3.16 bits per heavy atom. The first-order valence-electron chi connectivity index (χ1n) is 7.11. The minimum absolute atomic E-state index is 0.392. The lowest BCUT2D eigenvalue weighted by Crippen LogP contribution is -2.29. The molecule has 0 saturated carbocycles. The summed E-state index contributed by atoms with van der Waals surface area (Å²) in [6.45, 7) is 3.02. The third-order valence-corrected chi connectivity index (χ3v) is 3.66. The quantitative estimate of drug-likeness (QED) is 0.840. The maximum atomic E-state index is 5.58. The number of hydrogen-bond donors (Lipinski definition) is 1. The lowest BCUT2D eigenvalue weighted by Gasteiger charge is -2.22. The average molecular weight is 260 g/mol. The number of aromatic nitrogens is 1. The molecule has 0 amide bonds. The molecule has 1 aliphatic heterocycles. The van der Waals surface area contributed by atoms with Gasteiger partial charge >= 0.3 is 6.08 Å². The third kappa shape index (κ3) is 3.26. The smallest absolute Gasteiger partial charge is 0.394 e. The van der Waals surface area contributed by atoms with E-state index in [-0.39, 0.29) is 0 Å². The van der Waals surface area contributed by atoms with Crippen LogP contribution in [0.5, 0.6) is 6.08 Å². The first kappa shape index (κ1) is 12.5. The number of oxazole rings is 1. The summed E-state index contributed by atoms with van der Waals surface area (Å²) in [6, 6.07) is 7.72. The molecule has 0 bridgehead atoms. The maximum Gasteiger partial charge on any atom is 0.394 e. The van der Waals surface area contributed by atoms with E-state index in [0.717, 1.165) is 30.0 Å². The average Bonchev–Trinajstić information content (AvgIpc) is 2.87. The normalized spacial score (nSPS) is 19.7. The molecule has 0 spiro atoms. The summed E-state index contributed by atoms with van der Waals surface area (Å²) in [5.74, 6) is 0.806. The Kier molecular flexibility index (Phi) is 3.98. The predicted molar refractivity (Wildman–Crippen MR) is 74.3 cm³/mol. The standard InChI is InChI=1S/C15H20N2O2/c1-2-8-14-13(7-1)17-15(19-14)18-10-4-6-12-5-3-9-16-11-12/h1-2,7-8,12,16H,3-6,9-11H2. The fraction of sp³-hybridized carbons (Fsp3) is 0.533. The van der Waals surface area contributed by atoms with Crippen LogP contribution < -0.4 is 10.1 Å². The van der Waals surface area contributed by atoms with E-state index in [4.69, 9.17) is 9.15 Å². The molecule has 3 rings (SSSR count). The van der Waals surface area contributed by atoms with Crippen LogP contribution >= 0.6 is 0 Å². The van der Waals surface area contributed by atoms with Crippen LogP contribution in [0.2, 0.25) is 0 Å². The molecular weight excluding hydrogens is 240 g/mol. The third-order valence-electron chi connectivity index (χ3n) is 3.66. The molecule has 1 aliphatic rings. The van der Waals surface area contributed by atoms with Crippen LogP contribution in [0, 0.1) is 5.92 Å². The van der Waals surface area contributed by atoms with Crippen LogP contribution in [0.25, 0.3) is 11.1 Å². The summed E-state index contributed by atoms with van der Waals surface area (Å²) >= 11 is 0. The van der Waals surface area contributed by atoms with Crippen LogP contribution in [0.3, 0.4) is 0 Å². The number of nitrogens with zero attached hydrogens (tertiary/aromatic N) is 1. The van der Waals surface area contributed by atoms with Gasteiger partial charge in [-0.25, -0.2) is 0 Å². The molecule has 1 fully saturated rings. The van der Waals surface area contributed by atoms with Gasteiger partial charge in [-0.05, 0) is 56.8 Å². The maximum absolute atomic E-state index is 5.58. The highest BCUT2D eigenvalue weighted by Gasteiger charge is 2.12. The van der Waals surface area contributed by atoms with Crippen molar-refractivity contribution in [2.24, 2.45) is 5.92 Å². The number of nitrogens with one attached hydrogen (secondary N) is 1. The Morgan fingerprint density at radius 2 is 2.32 bits per heavy atom. The second kappa shape index (κ2) is 6.06. The lowest BCUT2D eigenvalue weighted by molar-refractivity contribution is 0.219. The van der Waals surface area contributed by atoms with Crippen LogP contribution in [0.15, 0.2) is 28.7 Å². The summed E-state index contributed by atoms with van der Waals surface area (Å²) < 4.78 is 11.1. The van der Waals surface area contributed by atoms with Gasteiger partial charge in [-0.1, -0.05) is 12.1 Å². The van der Waals surface area contributed by atoms with E-state index in [1.165, 1.54) is 25.8 Å². The summed E-state index contributed by atoms with van der Waals surface area (Å²) in [5.41, 5.74) is 1.64. The van der Waals surface area contributed by atoms with Gasteiger partial charge in [-0.15, -0.1) is 0 Å². The number of benzene rings is 1. The van der Waals surface area contributed by atoms with Crippen LogP contribution in [0.4, 0.5) is 0 Å². The number of ether oxygens (including phenoxy) is 1. The molecule has 1 saturated heterocycles. The summed E-state index contributed by atoms with van der Waals surface area (Å²) in [6.07, 6.45) is 5.31. The summed E-state index contributed by atoms with van der Waals surface area (Å²) in [5, 5.41) is 3.44. The molecule has 4 heteroatoms. The Morgan fingerprint density at radius 1 is 1.37 bits per heavy atom. The van der Waals surface area contributed by atoms with E-state index in [2.05, 4.69) is 10.3 Å². The van der Waals surface area contributed by atoms with Gasteiger partial charge in [0.1, 0.15) is 5.52 Å². The molecule has 1 N–H and O–H groups in total. The molecule has 1 aromatic carbocycles. The molecule has 19 heavy (non-hydrogen) atoms. The van der Waals surface area contributed by atoms with Gasteiger partial charge in [0, 0.05) is 0 Å². The molecule has 0 aliphatic carbocycles. The van der Waals surface area contributed by atoms with Crippen LogP contribution in [-0.4, -0.2) is 24.7 Å². The minimum Gasteiger partial charge on any atom is -0.450 e. The van der Waals surface area contributed by atoms with Crippen molar-refractivity contribution in [3.63, 3.8) is 0 Å². The minimum atomic E-state index is 0.392. The highest BCUT2D eigenvalue weighted by Crippen LogP contribution is 2.20. The number of fused-ring (bicyclic) bond motifs is 1. The van der Waals surface area contributed by atoms with E-state index in [1.54, 1.807) is 0 Å². The highest BCUT2D eigenvalue weighted by atomic mass is 16.6. The number of rotatable bonds is 5. The zero-order valence-electron chi connectivity index (χ0n) is 11.1. The van der Waals surface area contributed by atoms with Gasteiger partial charge in [0.15, 0.2) is 5.58 Å². The van der Waals surface area contributed by atoms with E-state index < -0.39 is 0 Å². The van der Waals surface area contributed by atoms with Gasteiger partial charge in [0.2, 0.25) is 0 Å². The Labute approximate surface area is 113 Å². The fourth-order valence-corrected chi connectivity index (χ4v) is 2.61. The number of piperidine rings is 1. The lowest BCUT2D eigenvalue weighted by atomic mass is 9.95. The molecular formula is C15H20N2O2. The van der Waals surface area contributed by atoms with Crippen molar-refractivity contribution in [2.45, 2.75) is 25.7 Å². The van der Waals surface area contributed by atoms with Crippen molar-refractivity contribution in [2.75, 3.05) is 19.7 Å². The fourth-order valence-electron chi connectivity index (χ4n) is 2.61. The SMILES string of the molecule is c1ccc2oc(OCCCC3CCCNC3)nc2c1. The van der Waals surface area contributed by atoms with Crippen molar-refractivity contribution in [1.29, 1.82) is 0 Å². The predicted octanol–water partition coefficient (Wildman–Crippen LogP) is 2.99. The molecule has 4 nitrogen and oxygen atoms in total. The molecule has 0 radical (unpaired) electrons. The van der Waals surface area contributed by atoms with E-state index in [1.807, 2.05) is 24.3 Å². The van der Waals surface area contributed by atoms with Gasteiger partial charge in [0.05, 0.1) is 6.61 Å². The first-order valence-corrected chi connectivity index (χ1v) is 7.11. The van der Waals surface area contributed by atoms with Crippen molar-refractivity contribution >= 4 is 11.1 Å². The monoisotopic (exact) mass is 260 g/mol. The molecule has 1 unspecified atom stereocenters. The van der Waals surface area contributed by atoms with Gasteiger partial charge in [-0.3, -0.25) is 0 Å². The van der Waals surface area contributed by atoms with E-state index in [9.17, 15) is 0 Å². The van der Waals surface area contributed by atoms with Gasteiger partial charge in [0.25, 0.3) is 0 Å². The number of para-hydroxylation sites is 2. The summed E-state index contributed by atoms with van der Waals surface area (Å²) in [7, 11) is 0. The zero-order valence-corrected chi connectivity index (χ0v) is 11.1. The van der Waals surface area contributed by atoms with Crippen molar-refractivity contribution in [1.82, 2.24) is 10.3 Å². The Hall–Kier alpha value is -1.55. The van der Waals surface area contributed by atoms with E-state index in [0.29, 0.717) is 12.7 Å². The first-order chi connectivity index (χ1) is 9.42. The Bertz CT molecular complexity index is 485. The van der Waals surface area contributed by atoms with Crippen molar-refractivity contribution in [3.05, 3.63) is 24.3 Å². The molecule has 1 atom stereocenters. The van der Waals surface area contributed by atoms with Gasteiger partial charge < -0.3 is 14.5 Å². The van der Waals surface area contributed by atoms with E-state index >= 15 is 0 Å². The molecule has 102 valence electrons. The van der Waals surface area contributed by atoms with Crippen LogP contribution in [-0.2, 0) is 0 Å². The molecule has 1 aromatic heterocycles. The van der Waals surface area contributed by atoms with Gasteiger partial charge in [-0.2, -0.15) is 4.98 Å². The second-order valence-corrected chi connectivity index (χ2v) is 5.15. The van der Waals surface area contributed by atoms with Crippen molar-refractivity contribution in [3.8, 4) is 6.08 Å². The van der Waals surface area contributed by atoms with Crippen LogP contribution in [0.1, 0.15) is 25.7 Å². The largest absolute Gasteiger partial charge is 0.450 e.